The number of methoxy groups -OCH3 is 1. The molecule has 0 aliphatic carbocycles. The van der Waals surface area contributed by atoms with Crippen LogP contribution in [0.15, 0.2) is 47.3 Å². The first-order valence-corrected chi connectivity index (χ1v) is 7.85. The van der Waals surface area contributed by atoms with Crippen molar-refractivity contribution in [2.75, 3.05) is 7.11 Å². The maximum atomic E-state index is 12.4. The summed E-state index contributed by atoms with van der Waals surface area (Å²) in [4.78, 5) is 37.2. The van der Waals surface area contributed by atoms with Crippen LogP contribution in [0, 0.1) is 10.1 Å². The molecule has 3 rings (SSSR count). The van der Waals surface area contributed by atoms with Gasteiger partial charge in [-0.25, -0.2) is 0 Å². The highest BCUT2D eigenvalue weighted by molar-refractivity contribution is 6.02. The molecule has 3 N–H and O–H groups in total. The highest BCUT2D eigenvalue weighted by Gasteiger charge is 2.20. The lowest BCUT2D eigenvalue weighted by atomic mass is 10.1. The first-order valence-electron chi connectivity index (χ1n) is 7.85. The summed E-state index contributed by atoms with van der Waals surface area (Å²) in [5, 5.41) is 23.9. The van der Waals surface area contributed by atoms with Gasteiger partial charge in [0.15, 0.2) is 0 Å². The molecular weight excluding hydrogens is 354 g/mol. The number of H-pyrrole nitrogens is 1. The van der Waals surface area contributed by atoms with Gasteiger partial charge in [-0.15, -0.1) is 0 Å². The van der Waals surface area contributed by atoms with Crippen molar-refractivity contribution in [2.24, 2.45) is 0 Å². The molecule has 0 fully saturated rings. The molecule has 9 heteroatoms. The smallest absolute Gasteiger partial charge is 0.271 e. The molecule has 0 saturated carbocycles. The third-order valence-corrected chi connectivity index (χ3v) is 4.00. The Morgan fingerprint density at radius 1 is 1.30 bits per heavy atom. The van der Waals surface area contributed by atoms with Gasteiger partial charge in [0.2, 0.25) is 0 Å². The third-order valence-electron chi connectivity index (χ3n) is 4.00. The van der Waals surface area contributed by atoms with E-state index in [1.165, 1.54) is 19.2 Å². The Morgan fingerprint density at radius 3 is 2.78 bits per heavy atom. The van der Waals surface area contributed by atoms with Gasteiger partial charge in [-0.2, -0.15) is 0 Å². The van der Waals surface area contributed by atoms with Gasteiger partial charge in [-0.1, -0.05) is 12.1 Å². The van der Waals surface area contributed by atoms with Gasteiger partial charge >= 0.3 is 0 Å². The predicted octanol–water partition coefficient (Wildman–Crippen LogP) is 2.08. The van der Waals surface area contributed by atoms with E-state index >= 15 is 0 Å². The van der Waals surface area contributed by atoms with Gasteiger partial charge < -0.3 is 20.1 Å². The van der Waals surface area contributed by atoms with Gasteiger partial charge in [-0.05, 0) is 23.8 Å². The molecule has 1 heterocycles. The minimum atomic E-state index is -0.844. The van der Waals surface area contributed by atoms with Gasteiger partial charge in [0.1, 0.15) is 17.1 Å². The number of nitrogens with one attached hydrogen (secondary N) is 2. The lowest BCUT2D eigenvalue weighted by Crippen LogP contribution is -2.29. The SMILES string of the molecule is COc1cccc(CNC(=O)c2c(O)c3ccc([N+](=O)[O-])cc3[nH]c2=O)c1. The fourth-order valence-electron chi connectivity index (χ4n) is 2.65. The number of nitro benzene ring substituents is 1. The van der Waals surface area contributed by atoms with Crippen LogP contribution in [0.1, 0.15) is 15.9 Å². The number of fused-ring (bicyclic) bond motifs is 1. The molecule has 0 spiro atoms. The maximum absolute atomic E-state index is 12.4. The predicted molar refractivity (Wildman–Crippen MR) is 97.1 cm³/mol. The number of carbonyl (C=O) groups excluding carboxylic acids is 1. The van der Waals surface area contributed by atoms with Crippen molar-refractivity contribution in [2.45, 2.75) is 6.54 Å². The molecule has 0 saturated heterocycles. The van der Waals surface area contributed by atoms with E-state index in [9.17, 15) is 24.8 Å². The fraction of sp³-hybridized carbons (Fsp3) is 0.111. The second-order valence-electron chi connectivity index (χ2n) is 5.70. The molecule has 0 aliphatic rings. The fourth-order valence-corrected chi connectivity index (χ4v) is 2.65. The molecule has 138 valence electrons. The van der Waals surface area contributed by atoms with E-state index in [1.54, 1.807) is 24.3 Å². The summed E-state index contributed by atoms with van der Waals surface area (Å²) in [6, 6.07) is 10.6. The van der Waals surface area contributed by atoms with Gasteiger partial charge in [0.25, 0.3) is 17.2 Å². The number of nitro groups is 1. The first-order chi connectivity index (χ1) is 12.9. The average molecular weight is 369 g/mol. The number of amides is 1. The Hall–Kier alpha value is -3.88. The second-order valence-corrected chi connectivity index (χ2v) is 5.70. The number of aromatic nitrogens is 1. The van der Waals surface area contributed by atoms with E-state index in [1.807, 2.05) is 0 Å². The summed E-state index contributed by atoms with van der Waals surface area (Å²) >= 11 is 0. The van der Waals surface area contributed by atoms with Gasteiger partial charge in [0, 0.05) is 24.1 Å². The molecule has 0 bridgehead atoms. The summed E-state index contributed by atoms with van der Waals surface area (Å²) in [6.45, 7) is 0.118. The third kappa shape index (κ3) is 3.56. The topological polar surface area (TPSA) is 135 Å². The van der Waals surface area contributed by atoms with Crippen LogP contribution in [0.3, 0.4) is 0 Å². The van der Waals surface area contributed by atoms with Gasteiger partial charge in [-0.3, -0.25) is 19.7 Å². The minimum absolute atomic E-state index is 0.0658. The number of aromatic hydroxyl groups is 1. The number of hydrogen-bond acceptors (Lipinski definition) is 6. The Morgan fingerprint density at radius 2 is 2.07 bits per heavy atom. The van der Waals surface area contributed by atoms with Crippen LogP contribution in [0.5, 0.6) is 11.5 Å². The van der Waals surface area contributed by atoms with E-state index in [4.69, 9.17) is 4.74 Å². The van der Waals surface area contributed by atoms with Crippen molar-refractivity contribution in [3.8, 4) is 11.5 Å². The number of rotatable bonds is 5. The highest BCUT2D eigenvalue weighted by Crippen LogP contribution is 2.27. The Labute approximate surface area is 152 Å². The van der Waals surface area contributed by atoms with Crippen molar-refractivity contribution in [3.05, 3.63) is 74.1 Å². The largest absolute Gasteiger partial charge is 0.506 e. The van der Waals surface area contributed by atoms with Crippen LogP contribution < -0.4 is 15.6 Å². The molecule has 1 amide bonds. The maximum Gasteiger partial charge on any atom is 0.271 e. The van der Waals surface area contributed by atoms with Crippen LogP contribution in [0.4, 0.5) is 5.69 Å². The molecule has 0 atom stereocenters. The zero-order chi connectivity index (χ0) is 19.6. The van der Waals surface area contributed by atoms with Crippen LogP contribution in [-0.4, -0.2) is 28.0 Å². The number of carbonyl (C=O) groups is 1. The van der Waals surface area contributed by atoms with Crippen molar-refractivity contribution >= 4 is 22.5 Å². The van der Waals surface area contributed by atoms with E-state index in [-0.39, 0.29) is 23.1 Å². The molecule has 1 aromatic heterocycles. The minimum Gasteiger partial charge on any atom is -0.506 e. The normalized spacial score (nSPS) is 10.6. The molecule has 0 radical (unpaired) electrons. The van der Waals surface area contributed by atoms with E-state index in [0.29, 0.717) is 5.75 Å². The molecule has 2 aromatic carbocycles. The number of pyridine rings is 1. The average Bonchev–Trinajstić information content (AvgIpc) is 2.66. The zero-order valence-corrected chi connectivity index (χ0v) is 14.2. The van der Waals surface area contributed by atoms with Crippen LogP contribution in [0.2, 0.25) is 0 Å². The van der Waals surface area contributed by atoms with Crippen molar-refractivity contribution in [3.63, 3.8) is 0 Å². The van der Waals surface area contributed by atoms with Crippen LogP contribution in [-0.2, 0) is 6.54 Å². The van der Waals surface area contributed by atoms with E-state index in [2.05, 4.69) is 10.3 Å². The van der Waals surface area contributed by atoms with E-state index < -0.39 is 27.7 Å². The second kappa shape index (κ2) is 7.16. The Balaban J connectivity index is 1.91. The number of aromatic amines is 1. The van der Waals surface area contributed by atoms with Gasteiger partial charge in [0.05, 0.1) is 17.5 Å². The lowest BCUT2D eigenvalue weighted by Gasteiger charge is -2.09. The number of benzene rings is 2. The number of nitrogens with zero attached hydrogens (tertiary/aromatic N) is 1. The number of ether oxygens (including phenoxy) is 1. The molecule has 27 heavy (non-hydrogen) atoms. The quantitative estimate of drug-likeness (QED) is 0.465. The van der Waals surface area contributed by atoms with E-state index in [0.717, 1.165) is 11.6 Å². The zero-order valence-electron chi connectivity index (χ0n) is 14.2. The highest BCUT2D eigenvalue weighted by atomic mass is 16.6. The monoisotopic (exact) mass is 369 g/mol. The Kier molecular flexibility index (Phi) is 4.75. The molecule has 0 aliphatic heterocycles. The molecule has 3 aromatic rings. The Bertz CT molecular complexity index is 1110. The molecule has 9 nitrogen and oxygen atoms in total. The number of non-ortho nitro benzene ring substituents is 1. The molecular formula is C18H15N3O6. The van der Waals surface area contributed by atoms with Crippen LogP contribution in [0.25, 0.3) is 10.9 Å². The van der Waals surface area contributed by atoms with Crippen molar-refractivity contribution in [1.29, 1.82) is 0 Å². The summed E-state index contributed by atoms with van der Waals surface area (Å²) in [6.07, 6.45) is 0. The lowest BCUT2D eigenvalue weighted by molar-refractivity contribution is -0.384. The summed E-state index contributed by atoms with van der Waals surface area (Å²) in [5.74, 6) is -0.682. The number of hydrogen-bond donors (Lipinski definition) is 3. The van der Waals surface area contributed by atoms with Crippen LogP contribution >= 0.6 is 0 Å². The standard InChI is InChI=1S/C18H15N3O6/c1-27-12-4-2-3-10(7-12)9-19-17(23)15-16(22)13-6-5-11(21(25)26)8-14(13)20-18(15)24/h2-8H,9H2,1H3,(H,19,23)(H2,20,22,24). The molecule has 0 unspecified atom stereocenters. The van der Waals surface area contributed by atoms with Crippen molar-refractivity contribution in [1.82, 2.24) is 10.3 Å². The summed E-state index contributed by atoms with van der Waals surface area (Å²) < 4.78 is 5.10. The summed E-state index contributed by atoms with van der Waals surface area (Å²) in [7, 11) is 1.52. The van der Waals surface area contributed by atoms with Crippen molar-refractivity contribution < 1.29 is 19.6 Å². The summed E-state index contributed by atoms with van der Waals surface area (Å²) in [5.41, 5.74) is -0.734. The first kappa shape index (κ1) is 17.9.